The first-order valence-electron chi connectivity index (χ1n) is 11.1. The second-order valence-electron chi connectivity index (χ2n) is 7.97. The van der Waals surface area contributed by atoms with Crippen molar-refractivity contribution in [3.05, 3.63) is 34.8 Å². The van der Waals surface area contributed by atoms with Gasteiger partial charge in [-0.25, -0.2) is 0 Å². The van der Waals surface area contributed by atoms with Crippen LogP contribution in [0, 0.1) is 5.92 Å². The van der Waals surface area contributed by atoms with Crippen molar-refractivity contribution in [2.45, 2.75) is 97.8 Å². The lowest BCUT2D eigenvalue weighted by molar-refractivity contribution is 0.484. The molecule has 0 bridgehead atoms. The molecule has 0 saturated carbocycles. The van der Waals surface area contributed by atoms with Gasteiger partial charge in [-0.3, -0.25) is 0 Å². The van der Waals surface area contributed by atoms with Crippen LogP contribution >= 0.6 is 11.3 Å². The Morgan fingerprint density at radius 1 is 0.815 bits per heavy atom. The van der Waals surface area contributed by atoms with Gasteiger partial charge in [0.1, 0.15) is 10.0 Å². The van der Waals surface area contributed by atoms with Gasteiger partial charge in [0.15, 0.2) is 0 Å². The highest BCUT2D eigenvalue weighted by Crippen LogP contribution is 2.25. The molecular formula is C24H38N2S. The number of aromatic nitrogens is 2. The Hall–Kier alpha value is -1.22. The highest BCUT2D eigenvalue weighted by atomic mass is 32.1. The Bertz CT molecular complexity index is 618. The molecule has 2 nitrogen and oxygen atoms in total. The standard InChI is InChI=1S/C24H38N2S/c1-4-6-7-8-9-10-14-21-16-18-22(19-17-21)24-26-25-23(27-24)15-12-11-13-20(3)5-2/h16-20H,4-15H2,1-3H3. The molecule has 0 saturated heterocycles. The van der Waals surface area contributed by atoms with Crippen LogP contribution in [-0.2, 0) is 12.8 Å². The number of nitrogens with zero attached hydrogens (tertiary/aromatic N) is 2. The van der Waals surface area contributed by atoms with Crippen molar-refractivity contribution in [1.29, 1.82) is 0 Å². The summed E-state index contributed by atoms with van der Waals surface area (Å²) in [6.45, 7) is 6.90. The van der Waals surface area contributed by atoms with E-state index in [1.165, 1.54) is 86.8 Å². The molecule has 150 valence electrons. The fraction of sp³-hybridized carbons (Fsp3) is 0.667. The van der Waals surface area contributed by atoms with Gasteiger partial charge < -0.3 is 0 Å². The van der Waals surface area contributed by atoms with Gasteiger partial charge in [-0.1, -0.05) is 108 Å². The Morgan fingerprint density at radius 3 is 2.26 bits per heavy atom. The molecule has 0 spiro atoms. The van der Waals surface area contributed by atoms with Crippen molar-refractivity contribution >= 4 is 11.3 Å². The first-order chi connectivity index (χ1) is 13.2. The van der Waals surface area contributed by atoms with Gasteiger partial charge in [0.25, 0.3) is 0 Å². The molecule has 3 heteroatoms. The van der Waals surface area contributed by atoms with Crippen molar-refractivity contribution in [3.8, 4) is 10.6 Å². The van der Waals surface area contributed by atoms with E-state index >= 15 is 0 Å². The van der Waals surface area contributed by atoms with E-state index in [0.717, 1.165) is 17.3 Å². The second kappa shape index (κ2) is 13.0. The van der Waals surface area contributed by atoms with Crippen molar-refractivity contribution in [3.63, 3.8) is 0 Å². The largest absolute Gasteiger partial charge is 0.147 e. The fourth-order valence-corrected chi connectivity index (χ4v) is 4.25. The third-order valence-corrected chi connectivity index (χ3v) is 6.55. The van der Waals surface area contributed by atoms with Gasteiger partial charge in [0.2, 0.25) is 0 Å². The highest BCUT2D eigenvalue weighted by molar-refractivity contribution is 7.14. The van der Waals surface area contributed by atoms with Crippen molar-refractivity contribution in [2.75, 3.05) is 0 Å². The van der Waals surface area contributed by atoms with Gasteiger partial charge in [0, 0.05) is 12.0 Å². The summed E-state index contributed by atoms with van der Waals surface area (Å²) < 4.78 is 0. The molecule has 1 atom stereocenters. The molecule has 0 aliphatic heterocycles. The van der Waals surface area contributed by atoms with E-state index in [0.29, 0.717) is 0 Å². The predicted octanol–water partition coefficient (Wildman–Crippen LogP) is 7.87. The lowest BCUT2D eigenvalue weighted by atomic mass is 10.0. The SMILES string of the molecule is CCCCCCCCc1ccc(-c2nnc(CCCCC(C)CC)s2)cc1. The smallest absolute Gasteiger partial charge is 0.143 e. The summed E-state index contributed by atoms with van der Waals surface area (Å²) in [5.41, 5.74) is 2.66. The molecule has 0 fully saturated rings. The Balaban J connectivity index is 1.72. The van der Waals surface area contributed by atoms with Gasteiger partial charge in [-0.05, 0) is 30.7 Å². The molecule has 2 rings (SSSR count). The number of unbranched alkanes of at least 4 members (excludes halogenated alkanes) is 6. The maximum Gasteiger partial charge on any atom is 0.147 e. The van der Waals surface area contributed by atoms with Crippen LogP contribution in [0.15, 0.2) is 24.3 Å². The summed E-state index contributed by atoms with van der Waals surface area (Å²) in [7, 11) is 0. The third-order valence-electron chi connectivity index (χ3n) is 5.52. The average Bonchev–Trinajstić information content (AvgIpc) is 3.17. The second-order valence-corrected chi connectivity index (χ2v) is 9.04. The van der Waals surface area contributed by atoms with E-state index in [-0.39, 0.29) is 0 Å². The number of aryl methyl sites for hydroxylation is 2. The van der Waals surface area contributed by atoms with Crippen LogP contribution < -0.4 is 0 Å². The van der Waals surface area contributed by atoms with Crippen LogP contribution in [-0.4, -0.2) is 10.2 Å². The van der Waals surface area contributed by atoms with E-state index in [4.69, 9.17) is 0 Å². The van der Waals surface area contributed by atoms with Crippen LogP contribution in [0.4, 0.5) is 0 Å². The molecule has 0 radical (unpaired) electrons. The van der Waals surface area contributed by atoms with Gasteiger partial charge in [0.05, 0.1) is 0 Å². The van der Waals surface area contributed by atoms with E-state index < -0.39 is 0 Å². The van der Waals surface area contributed by atoms with Crippen LogP contribution in [0.5, 0.6) is 0 Å². The summed E-state index contributed by atoms with van der Waals surface area (Å²) in [5, 5.41) is 11.1. The minimum absolute atomic E-state index is 0.852. The minimum Gasteiger partial charge on any atom is -0.143 e. The first-order valence-corrected chi connectivity index (χ1v) is 12.0. The van der Waals surface area contributed by atoms with Gasteiger partial charge in [-0.2, -0.15) is 0 Å². The lowest BCUT2D eigenvalue weighted by Gasteiger charge is -2.06. The lowest BCUT2D eigenvalue weighted by Crippen LogP contribution is -1.93. The molecule has 0 aliphatic rings. The fourth-order valence-electron chi connectivity index (χ4n) is 3.37. The molecule has 2 aromatic rings. The molecule has 27 heavy (non-hydrogen) atoms. The molecule has 0 aliphatic carbocycles. The summed E-state index contributed by atoms with van der Waals surface area (Å²) >= 11 is 1.76. The summed E-state index contributed by atoms with van der Waals surface area (Å²) in [5.74, 6) is 0.852. The normalized spacial score (nSPS) is 12.4. The van der Waals surface area contributed by atoms with Gasteiger partial charge >= 0.3 is 0 Å². The van der Waals surface area contributed by atoms with Gasteiger partial charge in [-0.15, -0.1) is 10.2 Å². The maximum absolute atomic E-state index is 4.42. The van der Waals surface area contributed by atoms with Crippen molar-refractivity contribution < 1.29 is 0 Å². The van der Waals surface area contributed by atoms with Crippen LogP contribution in [0.25, 0.3) is 10.6 Å². The Morgan fingerprint density at radius 2 is 1.52 bits per heavy atom. The van der Waals surface area contributed by atoms with Crippen LogP contribution in [0.1, 0.15) is 95.6 Å². The van der Waals surface area contributed by atoms with Crippen LogP contribution in [0.2, 0.25) is 0 Å². The topological polar surface area (TPSA) is 25.8 Å². The third kappa shape index (κ3) is 8.55. The first kappa shape index (κ1) is 22.1. The van der Waals surface area contributed by atoms with E-state index in [1.54, 1.807) is 11.3 Å². The van der Waals surface area contributed by atoms with Crippen LogP contribution in [0.3, 0.4) is 0 Å². The summed E-state index contributed by atoms with van der Waals surface area (Å²) in [4.78, 5) is 0. The molecule has 0 N–H and O–H groups in total. The zero-order valence-electron chi connectivity index (χ0n) is 17.7. The highest BCUT2D eigenvalue weighted by Gasteiger charge is 2.07. The molecular weight excluding hydrogens is 348 g/mol. The zero-order valence-corrected chi connectivity index (χ0v) is 18.5. The summed E-state index contributed by atoms with van der Waals surface area (Å²) in [6, 6.07) is 8.99. The molecule has 0 amide bonds. The zero-order chi connectivity index (χ0) is 19.3. The monoisotopic (exact) mass is 386 g/mol. The van der Waals surface area contributed by atoms with E-state index in [9.17, 15) is 0 Å². The van der Waals surface area contributed by atoms with Crippen molar-refractivity contribution in [2.24, 2.45) is 5.92 Å². The maximum atomic E-state index is 4.42. The number of hydrogen-bond donors (Lipinski definition) is 0. The molecule has 1 unspecified atom stereocenters. The van der Waals surface area contributed by atoms with E-state index in [2.05, 4.69) is 55.2 Å². The average molecular weight is 387 g/mol. The molecule has 1 heterocycles. The predicted molar refractivity (Wildman–Crippen MR) is 119 cm³/mol. The molecule has 1 aromatic carbocycles. The quantitative estimate of drug-likeness (QED) is 0.309. The molecule has 1 aromatic heterocycles. The number of rotatable bonds is 14. The van der Waals surface area contributed by atoms with E-state index in [1.807, 2.05) is 0 Å². The number of hydrogen-bond acceptors (Lipinski definition) is 3. The minimum atomic E-state index is 0.852. The Kier molecular flexibility index (Phi) is 10.7. The number of benzene rings is 1. The summed E-state index contributed by atoms with van der Waals surface area (Å²) in [6.07, 6.45) is 15.6. The van der Waals surface area contributed by atoms with Crippen molar-refractivity contribution in [1.82, 2.24) is 10.2 Å². The Labute approximate surface area is 170 Å².